The number of hydrogen-bond acceptors (Lipinski definition) is 4. The lowest BCUT2D eigenvalue weighted by Gasteiger charge is -2.15. The molecule has 0 radical (unpaired) electrons. The zero-order chi connectivity index (χ0) is 20.5. The van der Waals surface area contributed by atoms with E-state index in [2.05, 4.69) is 10.3 Å². The Morgan fingerprint density at radius 3 is 2.66 bits per heavy atom. The minimum atomic E-state index is -0.684. The van der Waals surface area contributed by atoms with Crippen molar-refractivity contribution in [1.82, 2.24) is 19.7 Å². The summed E-state index contributed by atoms with van der Waals surface area (Å²) in [6.07, 6.45) is 0. The van der Waals surface area contributed by atoms with Crippen molar-refractivity contribution in [3.8, 4) is 0 Å². The van der Waals surface area contributed by atoms with Gasteiger partial charge in [-0.15, -0.1) is 0 Å². The van der Waals surface area contributed by atoms with E-state index >= 15 is 0 Å². The molecule has 0 fully saturated rings. The van der Waals surface area contributed by atoms with Crippen LogP contribution in [-0.2, 0) is 24.4 Å². The lowest BCUT2D eigenvalue weighted by molar-refractivity contribution is -0.122. The van der Waals surface area contributed by atoms with Crippen molar-refractivity contribution in [2.45, 2.75) is 19.6 Å². The van der Waals surface area contributed by atoms with E-state index < -0.39 is 23.4 Å². The predicted molar refractivity (Wildman–Crippen MR) is 103 cm³/mol. The molecule has 0 bridgehead atoms. The molecule has 1 N–H and O–H groups in total. The number of carbonyl (C=O) groups is 2. The minimum Gasteiger partial charge on any atom is -0.350 e. The molecular formula is C19H15ClFN5O3. The first-order chi connectivity index (χ1) is 13.9. The van der Waals surface area contributed by atoms with Crippen LogP contribution in [0, 0.1) is 5.82 Å². The highest BCUT2D eigenvalue weighted by Gasteiger charge is 2.33. The Hall–Kier alpha value is -3.46. The molecular weight excluding hydrogens is 401 g/mol. The Kier molecular flexibility index (Phi) is 4.89. The zero-order valence-corrected chi connectivity index (χ0v) is 15.8. The number of para-hydroxylation sites is 1. The highest BCUT2D eigenvalue weighted by molar-refractivity contribution is 6.31. The number of benzene rings is 2. The highest BCUT2D eigenvalue weighted by Crippen LogP contribution is 2.22. The average molecular weight is 416 g/mol. The third-order valence-electron chi connectivity index (χ3n) is 4.50. The number of hydrogen-bond donors (Lipinski definition) is 1. The molecule has 10 heteroatoms. The average Bonchev–Trinajstić information content (AvgIpc) is 3.17. The molecule has 4 rings (SSSR count). The van der Waals surface area contributed by atoms with Gasteiger partial charge in [-0.25, -0.2) is 18.7 Å². The maximum absolute atomic E-state index is 13.1. The highest BCUT2D eigenvalue weighted by atomic mass is 35.5. The van der Waals surface area contributed by atoms with Gasteiger partial charge >= 0.3 is 11.7 Å². The quantitative estimate of drug-likeness (QED) is 0.691. The van der Waals surface area contributed by atoms with Gasteiger partial charge in [0.15, 0.2) is 5.82 Å². The van der Waals surface area contributed by atoms with Crippen LogP contribution < -0.4 is 15.9 Å². The van der Waals surface area contributed by atoms with Gasteiger partial charge in [0, 0.05) is 17.3 Å². The van der Waals surface area contributed by atoms with Crippen LogP contribution in [0.25, 0.3) is 0 Å². The molecule has 2 amide bonds. The van der Waals surface area contributed by atoms with Crippen molar-refractivity contribution in [2.75, 3.05) is 4.90 Å². The lowest BCUT2D eigenvalue weighted by Crippen LogP contribution is -2.38. The smallest absolute Gasteiger partial charge is 0.350 e. The molecule has 0 aliphatic carbocycles. The zero-order valence-electron chi connectivity index (χ0n) is 15.0. The van der Waals surface area contributed by atoms with Crippen LogP contribution in [0.3, 0.4) is 0 Å². The van der Waals surface area contributed by atoms with Gasteiger partial charge in [0.2, 0.25) is 5.91 Å². The molecule has 148 valence electrons. The fourth-order valence-corrected chi connectivity index (χ4v) is 3.31. The van der Waals surface area contributed by atoms with Crippen LogP contribution in [0.15, 0.2) is 53.3 Å². The van der Waals surface area contributed by atoms with E-state index in [0.29, 0.717) is 11.3 Å². The number of nitrogens with one attached hydrogen (secondary N) is 1. The molecule has 29 heavy (non-hydrogen) atoms. The number of rotatable bonds is 5. The summed E-state index contributed by atoms with van der Waals surface area (Å²) in [6.45, 7) is -0.200. The fourth-order valence-electron chi connectivity index (χ4n) is 3.08. The topological polar surface area (TPSA) is 89.2 Å². The second-order valence-electron chi connectivity index (χ2n) is 6.40. The molecule has 1 aliphatic heterocycles. The van der Waals surface area contributed by atoms with Crippen LogP contribution >= 0.6 is 11.6 Å². The number of anilines is 1. The molecule has 0 saturated carbocycles. The Balaban J connectivity index is 1.49. The number of aromatic nitrogens is 3. The molecule has 2 heterocycles. The van der Waals surface area contributed by atoms with Gasteiger partial charge in [-0.3, -0.25) is 9.69 Å². The number of halogens is 2. The predicted octanol–water partition coefficient (Wildman–Crippen LogP) is 2.14. The third kappa shape index (κ3) is 3.64. The summed E-state index contributed by atoms with van der Waals surface area (Å²) in [5, 5.41) is 2.78. The number of carbonyl (C=O) groups excluding carboxylic acids is 2. The van der Waals surface area contributed by atoms with E-state index in [9.17, 15) is 18.8 Å². The van der Waals surface area contributed by atoms with Gasteiger partial charge in [0.1, 0.15) is 12.4 Å². The Bertz CT molecular complexity index is 1160. The van der Waals surface area contributed by atoms with E-state index in [1.54, 1.807) is 24.3 Å². The summed E-state index contributed by atoms with van der Waals surface area (Å²) in [5.74, 6) is -0.729. The van der Waals surface area contributed by atoms with Gasteiger partial charge in [-0.2, -0.15) is 9.67 Å². The molecule has 1 aliphatic rings. The van der Waals surface area contributed by atoms with Crippen LogP contribution in [0.4, 0.5) is 14.9 Å². The van der Waals surface area contributed by atoms with Crippen molar-refractivity contribution < 1.29 is 14.0 Å². The van der Waals surface area contributed by atoms with E-state index in [1.807, 2.05) is 6.07 Å². The number of nitrogens with zero attached hydrogens (tertiary/aromatic N) is 4. The molecule has 8 nitrogen and oxygen atoms in total. The van der Waals surface area contributed by atoms with Crippen LogP contribution in [-0.4, -0.2) is 26.3 Å². The molecule has 0 atom stereocenters. The first-order valence-corrected chi connectivity index (χ1v) is 9.08. The second kappa shape index (κ2) is 7.51. The molecule has 1 aromatic heterocycles. The van der Waals surface area contributed by atoms with Gasteiger partial charge in [0.05, 0.1) is 6.54 Å². The molecule has 3 aromatic rings. The van der Waals surface area contributed by atoms with Gasteiger partial charge in [-0.1, -0.05) is 35.9 Å². The summed E-state index contributed by atoms with van der Waals surface area (Å²) in [4.78, 5) is 42.6. The van der Waals surface area contributed by atoms with Crippen LogP contribution in [0.5, 0.6) is 0 Å². The van der Waals surface area contributed by atoms with E-state index in [1.165, 1.54) is 17.0 Å². The van der Waals surface area contributed by atoms with Gasteiger partial charge < -0.3 is 5.32 Å². The van der Waals surface area contributed by atoms with E-state index in [4.69, 9.17) is 11.6 Å². The maximum Gasteiger partial charge on any atom is 0.365 e. The summed E-state index contributed by atoms with van der Waals surface area (Å²) >= 11 is 5.94. The SMILES string of the molecule is O=C(Cn1c(=O)nc2n1C(=O)N(c1ccccc1)C2)NCc1ccc(F)cc1Cl. The normalized spacial score (nSPS) is 12.9. The monoisotopic (exact) mass is 415 g/mol. The van der Waals surface area contributed by atoms with Gasteiger partial charge in [-0.05, 0) is 29.8 Å². The second-order valence-corrected chi connectivity index (χ2v) is 6.80. The van der Waals surface area contributed by atoms with Crippen LogP contribution in [0.1, 0.15) is 11.4 Å². The Labute approximate surface area is 169 Å². The summed E-state index contributed by atoms with van der Waals surface area (Å²) in [5.41, 5.74) is 0.507. The van der Waals surface area contributed by atoms with E-state index in [-0.39, 0.29) is 30.5 Å². The Morgan fingerprint density at radius 2 is 1.93 bits per heavy atom. The summed E-state index contributed by atoms with van der Waals surface area (Å²) in [6, 6.07) is 12.3. The molecule has 2 aromatic carbocycles. The van der Waals surface area contributed by atoms with Gasteiger partial charge in [0.25, 0.3) is 0 Å². The number of amides is 2. The van der Waals surface area contributed by atoms with Crippen molar-refractivity contribution in [1.29, 1.82) is 0 Å². The first kappa shape index (κ1) is 18.9. The standard InChI is InChI=1S/C19H15ClFN5O3/c20-15-8-13(21)7-6-12(15)9-22-17(27)11-25-18(28)23-16-10-24(19(29)26(16)25)14-4-2-1-3-5-14/h1-8H,9-11H2,(H,22,27). The molecule has 0 unspecified atom stereocenters. The largest absolute Gasteiger partial charge is 0.365 e. The van der Waals surface area contributed by atoms with E-state index in [0.717, 1.165) is 15.4 Å². The molecule has 0 saturated heterocycles. The Morgan fingerprint density at radius 1 is 1.17 bits per heavy atom. The first-order valence-electron chi connectivity index (χ1n) is 8.70. The van der Waals surface area contributed by atoms with Crippen molar-refractivity contribution >= 4 is 29.2 Å². The third-order valence-corrected chi connectivity index (χ3v) is 4.85. The maximum atomic E-state index is 13.1. The minimum absolute atomic E-state index is 0.0534. The van der Waals surface area contributed by atoms with Crippen molar-refractivity contribution in [2.24, 2.45) is 0 Å². The fraction of sp³-hybridized carbons (Fsp3) is 0.158. The van der Waals surface area contributed by atoms with Crippen LogP contribution in [0.2, 0.25) is 5.02 Å². The summed E-state index contributed by atoms with van der Waals surface area (Å²) < 4.78 is 15.2. The van der Waals surface area contributed by atoms with Crippen molar-refractivity contribution in [3.63, 3.8) is 0 Å². The lowest BCUT2D eigenvalue weighted by atomic mass is 10.2. The number of fused-ring (bicyclic) bond motifs is 1. The van der Waals surface area contributed by atoms with Crippen molar-refractivity contribution in [3.05, 3.63) is 81.2 Å². The molecule has 0 spiro atoms. The summed E-state index contributed by atoms with van der Waals surface area (Å²) in [7, 11) is 0.